The fourth-order valence-corrected chi connectivity index (χ4v) is 4.10. The molecule has 2 unspecified atom stereocenters. The average molecular weight is 405 g/mol. The molecule has 8 heteroatoms. The summed E-state index contributed by atoms with van der Waals surface area (Å²) in [6, 6.07) is 11.2. The number of carbonyl (C=O) groups excluding carboxylic acids is 2. The molecule has 2 aromatic rings. The molecule has 7 nitrogen and oxygen atoms in total. The lowest BCUT2D eigenvalue weighted by Gasteiger charge is -2.34. The van der Waals surface area contributed by atoms with Crippen molar-refractivity contribution in [2.24, 2.45) is 4.99 Å². The zero-order valence-corrected chi connectivity index (χ0v) is 16.8. The third-order valence-corrected chi connectivity index (χ3v) is 5.72. The summed E-state index contributed by atoms with van der Waals surface area (Å²) in [5.74, 6) is -0.144. The fraction of sp³-hybridized carbons (Fsp3) is 0.227. The van der Waals surface area contributed by atoms with Crippen molar-refractivity contribution in [3.05, 3.63) is 71.2 Å². The van der Waals surface area contributed by atoms with Crippen LogP contribution in [-0.4, -0.2) is 47.0 Å². The Labute approximate surface area is 173 Å². The molecule has 0 spiro atoms. The van der Waals surface area contributed by atoms with Crippen molar-refractivity contribution in [1.82, 2.24) is 15.1 Å². The Hall–Kier alpha value is -3.68. The number of anilines is 1. The van der Waals surface area contributed by atoms with Crippen LogP contribution in [0.3, 0.4) is 0 Å². The molecule has 2 aromatic carbocycles. The molecule has 0 aromatic heterocycles. The van der Waals surface area contributed by atoms with Crippen molar-refractivity contribution in [3.63, 3.8) is 0 Å². The number of hydrogen-bond donors (Lipinski definition) is 1. The van der Waals surface area contributed by atoms with Gasteiger partial charge in [0, 0.05) is 18.8 Å². The molecule has 0 bridgehead atoms. The summed E-state index contributed by atoms with van der Waals surface area (Å²) in [5, 5.41) is 2.39. The topological polar surface area (TPSA) is 68.2 Å². The van der Waals surface area contributed by atoms with E-state index < -0.39 is 18.2 Å². The van der Waals surface area contributed by atoms with Crippen LogP contribution in [-0.2, 0) is 4.79 Å². The lowest BCUT2D eigenvalue weighted by atomic mass is 10.1. The monoisotopic (exact) mass is 405 g/mol. The zero-order chi connectivity index (χ0) is 21.2. The molecule has 30 heavy (non-hydrogen) atoms. The number of likely N-dealkylation sites (N-methyl/N-ethyl adjacent to an activating group) is 1. The number of aliphatic imine (C=N–C) groups is 1. The van der Waals surface area contributed by atoms with Crippen LogP contribution in [0.15, 0.2) is 53.7 Å². The van der Waals surface area contributed by atoms with Crippen molar-refractivity contribution in [2.75, 3.05) is 11.9 Å². The molecule has 3 aliphatic rings. The molecule has 3 heterocycles. The van der Waals surface area contributed by atoms with Gasteiger partial charge in [-0.1, -0.05) is 12.1 Å². The average Bonchev–Trinajstić information content (AvgIpc) is 3.25. The van der Waals surface area contributed by atoms with E-state index >= 15 is 0 Å². The van der Waals surface area contributed by atoms with Gasteiger partial charge >= 0.3 is 6.03 Å². The number of halogens is 1. The van der Waals surface area contributed by atoms with Crippen molar-refractivity contribution in [2.45, 2.75) is 26.1 Å². The van der Waals surface area contributed by atoms with Gasteiger partial charge in [-0.3, -0.25) is 19.9 Å². The van der Waals surface area contributed by atoms with Crippen molar-refractivity contribution < 1.29 is 14.0 Å². The minimum absolute atomic E-state index is 0.319. The van der Waals surface area contributed by atoms with Crippen molar-refractivity contribution in [1.29, 1.82) is 0 Å². The van der Waals surface area contributed by atoms with Crippen LogP contribution in [0.5, 0.6) is 0 Å². The number of nitrogens with zero attached hydrogens (tertiary/aromatic N) is 4. The summed E-state index contributed by atoms with van der Waals surface area (Å²) in [4.78, 5) is 34.7. The first-order chi connectivity index (χ1) is 14.3. The Morgan fingerprint density at radius 2 is 1.80 bits per heavy atom. The number of nitrogens with one attached hydrogen (secondary N) is 1. The molecule has 1 N–H and O–H groups in total. The summed E-state index contributed by atoms with van der Waals surface area (Å²) in [5.41, 5.74) is 4.61. The Morgan fingerprint density at radius 3 is 2.53 bits per heavy atom. The second-order valence-electron chi connectivity index (χ2n) is 7.75. The van der Waals surface area contributed by atoms with Gasteiger partial charge in [-0.15, -0.1) is 0 Å². The first kappa shape index (κ1) is 18.4. The highest BCUT2D eigenvalue weighted by Gasteiger charge is 2.52. The minimum Gasteiger partial charge on any atom is -0.303 e. The summed E-state index contributed by atoms with van der Waals surface area (Å²) < 4.78 is 13.5. The number of aryl methyl sites for hydroxylation is 2. The van der Waals surface area contributed by atoms with Crippen LogP contribution < -0.4 is 10.2 Å². The lowest BCUT2D eigenvalue weighted by Crippen LogP contribution is -2.62. The molecule has 0 radical (unpaired) electrons. The second kappa shape index (κ2) is 6.41. The summed E-state index contributed by atoms with van der Waals surface area (Å²) >= 11 is 0. The van der Waals surface area contributed by atoms with Crippen molar-refractivity contribution in [3.8, 4) is 0 Å². The number of hydrogen-bond acceptors (Lipinski definition) is 5. The molecule has 3 aliphatic heterocycles. The van der Waals surface area contributed by atoms with Gasteiger partial charge in [-0.05, 0) is 55.3 Å². The van der Waals surface area contributed by atoms with Crippen LogP contribution in [0, 0.1) is 19.7 Å². The summed E-state index contributed by atoms with van der Waals surface area (Å²) in [6.45, 7) is 4.01. The van der Waals surface area contributed by atoms with E-state index in [1.165, 1.54) is 17.0 Å². The van der Waals surface area contributed by atoms with Gasteiger partial charge in [0.2, 0.25) is 5.96 Å². The summed E-state index contributed by atoms with van der Waals surface area (Å²) in [7, 11) is 1.62. The second-order valence-corrected chi connectivity index (χ2v) is 7.75. The number of imide groups is 1. The zero-order valence-electron chi connectivity index (χ0n) is 16.8. The maximum Gasteiger partial charge on any atom is 0.325 e. The maximum atomic E-state index is 13.5. The Morgan fingerprint density at radius 1 is 1.07 bits per heavy atom. The molecule has 5 rings (SSSR count). The van der Waals surface area contributed by atoms with Crippen LogP contribution in [0.2, 0.25) is 0 Å². The van der Waals surface area contributed by atoms with E-state index in [0.29, 0.717) is 5.96 Å². The van der Waals surface area contributed by atoms with Gasteiger partial charge in [0.15, 0.2) is 12.2 Å². The minimum atomic E-state index is -0.659. The Balaban J connectivity index is 1.68. The third kappa shape index (κ3) is 2.60. The Bertz CT molecular complexity index is 1140. The Kier molecular flexibility index (Phi) is 3.92. The normalized spacial score (nSPS) is 22.6. The van der Waals surface area contributed by atoms with Crippen LogP contribution in [0.25, 0.3) is 5.70 Å². The van der Waals surface area contributed by atoms with Crippen LogP contribution >= 0.6 is 0 Å². The summed E-state index contributed by atoms with van der Waals surface area (Å²) in [6.07, 6.45) is 1.24. The quantitative estimate of drug-likeness (QED) is 0.834. The van der Waals surface area contributed by atoms with Crippen molar-refractivity contribution >= 4 is 29.3 Å². The highest BCUT2D eigenvalue weighted by atomic mass is 19.1. The van der Waals surface area contributed by atoms with Crippen LogP contribution in [0.4, 0.5) is 14.9 Å². The highest BCUT2D eigenvalue weighted by Crippen LogP contribution is 2.40. The van der Waals surface area contributed by atoms with E-state index in [-0.39, 0.29) is 11.7 Å². The molecule has 152 valence electrons. The molecule has 0 saturated carbocycles. The number of guanidine groups is 1. The number of urea groups is 1. The fourth-order valence-electron chi connectivity index (χ4n) is 4.10. The van der Waals surface area contributed by atoms with E-state index in [2.05, 4.69) is 11.4 Å². The molecule has 0 aliphatic carbocycles. The number of benzene rings is 2. The molecule has 3 amide bonds. The number of rotatable bonds is 2. The maximum absolute atomic E-state index is 13.5. The highest BCUT2D eigenvalue weighted by molar-refractivity contribution is 6.16. The van der Waals surface area contributed by atoms with Gasteiger partial charge in [-0.2, -0.15) is 0 Å². The number of carbonyl (C=O) groups is 2. The van der Waals surface area contributed by atoms with E-state index in [1.54, 1.807) is 24.1 Å². The largest absolute Gasteiger partial charge is 0.325 e. The van der Waals surface area contributed by atoms with Gasteiger partial charge in [0.1, 0.15) is 5.82 Å². The molecular weight excluding hydrogens is 385 g/mol. The SMILES string of the molecule is Cc1ccc(C)c(N2C(c3ccc(F)cc3)=CN3C2=NC2C3C(=O)NC(=O)N2C)c1. The van der Waals surface area contributed by atoms with E-state index in [9.17, 15) is 14.0 Å². The molecule has 2 atom stereocenters. The first-order valence-electron chi connectivity index (χ1n) is 9.64. The third-order valence-electron chi connectivity index (χ3n) is 5.72. The van der Waals surface area contributed by atoms with Gasteiger partial charge in [0.05, 0.1) is 11.4 Å². The predicted octanol–water partition coefficient (Wildman–Crippen LogP) is 2.81. The number of amides is 3. The van der Waals surface area contributed by atoms with E-state index in [0.717, 1.165) is 28.1 Å². The first-order valence-corrected chi connectivity index (χ1v) is 9.64. The number of fused-ring (bicyclic) bond motifs is 3. The predicted molar refractivity (Wildman–Crippen MR) is 111 cm³/mol. The smallest absolute Gasteiger partial charge is 0.303 e. The lowest BCUT2D eigenvalue weighted by molar-refractivity contribution is -0.126. The van der Waals surface area contributed by atoms with Gasteiger partial charge in [0.25, 0.3) is 5.91 Å². The van der Waals surface area contributed by atoms with E-state index in [4.69, 9.17) is 4.99 Å². The van der Waals surface area contributed by atoms with Gasteiger partial charge in [-0.25, -0.2) is 14.2 Å². The van der Waals surface area contributed by atoms with Crippen LogP contribution in [0.1, 0.15) is 16.7 Å². The molecular formula is C22H20FN5O2. The molecule has 1 fully saturated rings. The van der Waals surface area contributed by atoms with Gasteiger partial charge < -0.3 is 4.90 Å². The standard InChI is InChI=1S/C22H20FN5O2/c1-12-4-5-13(2)16(10-12)28-17(14-6-8-15(23)9-7-14)11-27-18-19(24-21(27)28)26(3)22(30)25-20(18)29/h4-11,18-19H,1-3H3,(H,25,29,30). The molecule has 1 saturated heterocycles. The van der Waals surface area contributed by atoms with E-state index in [1.807, 2.05) is 37.1 Å².